The fourth-order valence-corrected chi connectivity index (χ4v) is 3.37. The quantitative estimate of drug-likeness (QED) is 0.907. The fourth-order valence-electron chi connectivity index (χ4n) is 3.37. The van der Waals surface area contributed by atoms with Gasteiger partial charge in [0.2, 0.25) is 0 Å². The Labute approximate surface area is 148 Å². The predicted molar refractivity (Wildman–Crippen MR) is 97.4 cm³/mol. The summed E-state index contributed by atoms with van der Waals surface area (Å²) in [6.07, 6.45) is 3.67. The van der Waals surface area contributed by atoms with Gasteiger partial charge < -0.3 is 5.11 Å². The third-order valence-electron chi connectivity index (χ3n) is 4.98. The number of carbonyl (C=O) groups is 1. The molecule has 1 unspecified atom stereocenters. The Balaban J connectivity index is 1.66. The molecule has 3 rings (SSSR count). The van der Waals surface area contributed by atoms with Crippen molar-refractivity contribution < 1.29 is 9.90 Å². The van der Waals surface area contributed by atoms with Crippen molar-refractivity contribution in [2.75, 3.05) is 26.2 Å². The lowest BCUT2D eigenvalue weighted by Crippen LogP contribution is -2.48. The minimum Gasteiger partial charge on any atom is -0.480 e. The Morgan fingerprint density at radius 3 is 2.52 bits per heavy atom. The highest BCUT2D eigenvalue weighted by atomic mass is 16.4. The minimum absolute atomic E-state index is 0.570. The van der Waals surface area contributed by atoms with E-state index in [4.69, 9.17) is 0 Å². The lowest BCUT2D eigenvalue weighted by molar-refractivity contribution is -0.144. The number of aliphatic carboxylic acids is 1. The molecule has 1 N–H and O–H groups in total. The molecule has 5 nitrogen and oxygen atoms in total. The second-order valence-corrected chi connectivity index (χ2v) is 6.76. The Kier molecular flexibility index (Phi) is 5.46. The summed E-state index contributed by atoms with van der Waals surface area (Å²) in [5, 5.41) is 9.78. The molecular formula is C20H25N3O2. The second-order valence-electron chi connectivity index (χ2n) is 6.76. The summed E-state index contributed by atoms with van der Waals surface area (Å²) in [6.45, 7) is 8.18. The van der Waals surface area contributed by atoms with Gasteiger partial charge in [-0.25, -0.2) is 0 Å². The summed E-state index contributed by atoms with van der Waals surface area (Å²) in [6, 6.07) is 9.43. The molecule has 1 aromatic carbocycles. The molecule has 1 aromatic heterocycles. The highest BCUT2D eigenvalue weighted by Crippen LogP contribution is 2.25. The first-order valence-electron chi connectivity index (χ1n) is 8.70. The van der Waals surface area contributed by atoms with E-state index in [0.717, 1.165) is 43.9 Å². The lowest BCUT2D eigenvalue weighted by Gasteiger charge is -2.38. The van der Waals surface area contributed by atoms with E-state index in [1.54, 1.807) is 6.20 Å². The van der Waals surface area contributed by atoms with Crippen molar-refractivity contribution >= 4 is 5.97 Å². The van der Waals surface area contributed by atoms with Crippen LogP contribution in [-0.4, -0.2) is 52.0 Å². The Morgan fingerprint density at radius 2 is 1.92 bits per heavy atom. The monoisotopic (exact) mass is 339 g/mol. The van der Waals surface area contributed by atoms with E-state index >= 15 is 0 Å². The summed E-state index contributed by atoms with van der Waals surface area (Å²) in [5.74, 6) is -0.774. The molecule has 1 saturated heterocycles. The van der Waals surface area contributed by atoms with E-state index < -0.39 is 12.0 Å². The van der Waals surface area contributed by atoms with Crippen LogP contribution < -0.4 is 0 Å². The first-order valence-corrected chi connectivity index (χ1v) is 8.70. The number of piperazine rings is 1. The first-order chi connectivity index (χ1) is 12.0. The van der Waals surface area contributed by atoms with Crippen LogP contribution in [0.2, 0.25) is 0 Å². The third-order valence-corrected chi connectivity index (χ3v) is 4.98. The van der Waals surface area contributed by atoms with Crippen LogP contribution in [0, 0.1) is 13.8 Å². The maximum absolute atomic E-state index is 11.9. The van der Waals surface area contributed by atoms with Gasteiger partial charge in [-0.1, -0.05) is 24.3 Å². The molecular weight excluding hydrogens is 314 g/mol. The second kappa shape index (κ2) is 7.76. The van der Waals surface area contributed by atoms with Crippen molar-refractivity contribution in [2.24, 2.45) is 0 Å². The number of aromatic nitrogens is 1. The van der Waals surface area contributed by atoms with Crippen LogP contribution in [0.15, 0.2) is 42.7 Å². The van der Waals surface area contributed by atoms with Gasteiger partial charge in [0.25, 0.3) is 0 Å². The van der Waals surface area contributed by atoms with E-state index in [1.165, 1.54) is 11.1 Å². The molecule has 132 valence electrons. The predicted octanol–water partition coefficient (Wildman–Crippen LogP) is 2.64. The lowest BCUT2D eigenvalue weighted by atomic mass is 9.99. The van der Waals surface area contributed by atoms with Crippen LogP contribution in [0.5, 0.6) is 0 Å². The number of pyridine rings is 1. The van der Waals surface area contributed by atoms with Crippen molar-refractivity contribution in [3.05, 3.63) is 65.0 Å². The number of aryl methyl sites for hydroxylation is 2. The van der Waals surface area contributed by atoms with Crippen molar-refractivity contribution in [1.29, 1.82) is 0 Å². The molecule has 0 amide bonds. The Morgan fingerprint density at radius 1 is 1.16 bits per heavy atom. The van der Waals surface area contributed by atoms with E-state index in [0.29, 0.717) is 0 Å². The zero-order valence-corrected chi connectivity index (χ0v) is 14.9. The van der Waals surface area contributed by atoms with Gasteiger partial charge in [-0.15, -0.1) is 0 Å². The average Bonchev–Trinajstić information content (AvgIpc) is 2.60. The van der Waals surface area contributed by atoms with Crippen molar-refractivity contribution in [3.63, 3.8) is 0 Å². The van der Waals surface area contributed by atoms with E-state index in [-0.39, 0.29) is 0 Å². The zero-order valence-electron chi connectivity index (χ0n) is 14.9. The van der Waals surface area contributed by atoms with Crippen LogP contribution in [0.25, 0.3) is 0 Å². The molecule has 0 saturated carbocycles. The van der Waals surface area contributed by atoms with Crippen LogP contribution in [0.1, 0.15) is 28.3 Å². The molecule has 5 heteroatoms. The summed E-state index contributed by atoms with van der Waals surface area (Å²) < 4.78 is 0. The zero-order chi connectivity index (χ0) is 17.8. The number of benzene rings is 1. The Hall–Kier alpha value is -2.24. The van der Waals surface area contributed by atoms with E-state index in [1.807, 2.05) is 44.3 Å². The van der Waals surface area contributed by atoms with Gasteiger partial charge in [0.05, 0.1) is 0 Å². The molecule has 0 spiro atoms. The molecule has 2 aromatic rings. The van der Waals surface area contributed by atoms with Crippen molar-refractivity contribution in [1.82, 2.24) is 14.8 Å². The van der Waals surface area contributed by atoms with Gasteiger partial charge in [-0.05, 0) is 42.2 Å². The number of hydrogen-bond acceptors (Lipinski definition) is 4. The largest absolute Gasteiger partial charge is 0.480 e. The molecule has 1 atom stereocenters. The van der Waals surface area contributed by atoms with Crippen LogP contribution in [0.4, 0.5) is 0 Å². The third kappa shape index (κ3) is 4.24. The minimum atomic E-state index is -0.774. The van der Waals surface area contributed by atoms with Crippen LogP contribution in [-0.2, 0) is 11.3 Å². The maximum Gasteiger partial charge on any atom is 0.325 e. The number of carboxylic acid groups (broad SMARTS) is 1. The maximum atomic E-state index is 11.9. The summed E-state index contributed by atoms with van der Waals surface area (Å²) in [4.78, 5) is 20.5. The summed E-state index contributed by atoms with van der Waals surface area (Å²) in [5.41, 5.74) is 4.39. The van der Waals surface area contributed by atoms with Gasteiger partial charge >= 0.3 is 5.97 Å². The number of hydrogen-bond donors (Lipinski definition) is 1. The topological polar surface area (TPSA) is 56.7 Å². The number of carboxylic acids is 1. The van der Waals surface area contributed by atoms with Gasteiger partial charge in [0.15, 0.2) is 0 Å². The molecule has 25 heavy (non-hydrogen) atoms. The molecule has 0 radical (unpaired) electrons. The highest BCUT2D eigenvalue weighted by Gasteiger charge is 2.30. The molecule has 1 fully saturated rings. The fraction of sp³-hybridized carbons (Fsp3) is 0.400. The summed E-state index contributed by atoms with van der Waals surface area (Å²) in [7, 11) is 0. The van der Waals surface area contributed by atoms with E-state index in [9.17, 15) is 9.90 Å². The van der Waals surface area contributed by atoms with Crippen LogP contribution in [0.3, 0.4) is 0 Å². The molecule has 1 aliphatic rings. The van der Waals surface area contributed by atoms with Gasteiger partial charge in [0.1, 0.15) is 6.04 Å². The summed E-state index contributed by atoms with van der Waals surface area (Å²) >= 11 is 0. The highest BCUT2D eigenvalue weighted by molar-refractivity contribution is 5.75. The molecule has 1 aliphatic heterocycles. The smallest absolute Gasteiger partial charge is 0.325 e. The van der Waals surface area contributed by atoms with Gasteiger partial charge in [-0.3, -0.25) is 19.6 Å². The number of rotatable bonds is 5. The standard InChI is InChI=1S/C20H25N3O2/c1-15-5-6-18(12-16(15)2)19(20(24)25)23-10-8-22(9-11-23)14-17-4-3-7-21-13-17/h3-7,12-13,19H,8-11,14H2,1-2H3,(H,24,25). The van der Waals surface area contributed by atoms with Crippen molar-refractivity contribution in [2.45, 2.75) is 26.4 Å². The van der Waals surface area contributed by atoms with Gasteiger partial charge in [0, 0.05) is 45.1 Å². The van der Waals surface area contributed by atoms with Gasteiger partial charge in [-0.2, -0.15) is 0 Å². The molecule has 2 heterocycles. The van der Waals surface area contributed by atoms with Crippen molar-refractivity contribution in [3.8, 4) is 0 Å². The number of nitrogens with zero attached hydrogens (tertiary/aromatic N) is 3. The van der Waals surface area contributed by atoms with Crippen LogP contribution >= 0.6 is 0 Å². The normalized spacial score (nSPS) is 17.4. The van der Waals surface area contributed by atoms with E-state index in [2.05, 4.69) is 20.9 Å². The average molecular weight is 339 g/mol. The molecule has 0 aliphatic carbocycles. The Bertz CT molecular complexity index is 725. The first kappa shape index (κ1) is 17.6. The molecule has 0 bridgehead atoms. The SMILES string of the molecule is Cc1ccc(C(C(=O)O)N2CCN(Cc3cccnc3)CC2)cc1C.